The van der Waals surface area contributed by atoms with Crippen molar-refractivity contribution >= 4 is 34.0 Å². The van der Waals surface area contributed by atoms with Crippen LogP contribution in [0.5, 0.6) is 0 Å². The number of aliphatic hydroxyl groups excluding tert-OH is 1. The van der Waals surface area contributed by atoms with Crippen LogP contribution in [0.25, 0.3) is 0 Å². The van der Waals surface area contributed by atoms with Gasteiger partial charge in [-0.3, -0.25) is 14.5 Å². The van der Waals surface area contributed by atoms with Crippen LogP contribution in [0.3, 0.4) is 0 Å². The first kappa shape index (κ1) is 32.4. The summed E-state index contributed by atoms with van der Waals surface area (Å²) < 4.78 is 10.2. The zero-order valence-electron chi connectivity index (χ0n) is 19.3. The fourth-order valence-electron chi connectivity index (χ4n) is 1.95. The second-order valence-electron chi connectivity index (χ2n) is 9.38. The Labute approximate surface area is 183 Å². The molecule has 0 aromatic rings. The molecule has 0 aromatic heterocycles. The van der Waals surface area contributed by atoms with Gasteiger partial charge in [0.15, 0.2) is 0 Å². The first-order valence-corrected chi connectivity index (χ1v) is 10.3. The predicted octanol–water partition coefficient (Wildman–Crippen LogP) is 2.81. The summed E-state index contributed by atoms with van der Waals surface area (Å²) in [6.07, 6.45) is 0.250. The summed E-state index contributed by atoms with van der Waals surface area (Å²) in [5.74, 6) is -0.460. The van der Waals surface area contributed by atoms with Crippen LogP contribution in [0.15, 0.2) is 0 Å². The number of carbonyl (C=O) groups is 2. The van der Waals surface area contributed by atoms with Crippen LogP contribution in [0.2, 0.25) is 0 Å². The molecule has 0 spiro atoms. The van der Waals surface area contributed by atoms with Gasteiger partial charge in [-0.05, 0) is 47.0 Å². The molecule has 8 nitrogen and oxygen atoms in total. The smallest absolute Gasteiger partial charge is 0.373 e. The maximum absolute atomic E-state index is 11.7. The fraction of sp³-hybridized carbons (Fsp3) is 0.850. The van der Waals surface area contributed by atoms with Crippen LogP contribution in [0, 0.1) is 5.41 Å². The largest absolute Gasteiger partial charge is 0.459 e. The highest BCUT2D eigenvalue weighted by atomic mass is 79.9. The average Bonchev–Trinajstić information content (AvgIpc) is 2.43. The third-order valence-corrected chi connectivity index (χ3v) is 2.87. The van der Waals surface area contributed by atoms with Crippen molar-refractivity contribution in [1.29, 1.82) is 0 Å². The van der Waals surface area contributed by atoms with E-state index in [4.69, 9.17) is 24.2 Å². The molecule has 0 aromatic carbocycles. The van der Waals surface area contributed by atoms with Crippen molar-refractivity contribution < 1.29 is 33.8 Å². The molecule has 0 aliphatic carbocycles. The Morgan fingerprint density at radius 1 is 0.897 bits per heavy atom. The zero-order valence-corrected chi connectivity index (χ0v) is 20.8. The number of rotatable bonds is 6. The number of halogens is 1. The molecule has 0 heterocycles. The highest BCUT2D eigenvalue weighted by molar-refractivity contribution is 9.09. The maximum Gasteiger partial charge on any atom is 0.373 e. The summed E-state index contributed by atoms with van der Waals surface area (Å²) in [5, 5.41) is 9.25. The second kappa shape index (κ2) is 15.5. The van der Waals surface area contributed by atoms with Gasteiger partial charge in [0.2, 0.25) is 0 Å². The summed E-state index contributed by atoms with van der Waals surface area (Å²) in [6.45, 7) is 18.9. The van der Waals surface area contributed by atoms with E-state index in [0.29, 0.717) is 6.54 Å². The Kier molecular flexibility index (Phi) is 17.4. The molecule has 9 heteroatoms. The summed E-state index contributed by atoms with van der Waals surface area (Å²) in [5.41, 5.74) is -0.717. The van der Waals surface area contributed by atoms with Gasteiger partial charge in [-0.1, -0.05) is 36.7 Å². The number of nitrogens with zero attached hydrogens (tertiary/aromatic N) is 1. The Hall–Kier alpha value is -1.28. The molecular formula is C20H38BrNO7. The maximum atomic E-state index is 11.7. The third kappa shape index (κ3) is 31.6. The molecule has 0 fully saturated rings. The van der Waals surface area contributed by atoms with E-state index in [1.807, 2.05) is 46.4 Å². The van der Waals surface area contributed by atoms with Gasteiger partial charge in [0.25, 0.3) is 0 Å². The van der Waals surface area contributed by atoms with Gasteiger partial charge < -0.3 is 14.6 Å². The molecule has 0 amide bonds. The normalized spacial score (nSPS) is 11.3. The molecule has 0 rings (SSSR count). The van der Waals surface area contributed by atoms with Crippen LogP contribution < -0.4 is 0 Å². The van der Waals surface area contributed by atoms with E-state index in [2.05, 4.69) is 36.7 Å². The number of esters is 2. The standard InChI is InChI=1S/C13H27NO3.C6H11BrO2.CO2/c1-12(2,3)10-14(7-8-15)9-11(16)17-13(4,5)6;1-6(2,3)9-5(8)4-7;2-1-3/h15H,7-10H2,1-6H3;4H2,1-3H3;. The molecule has 0 aliphatic heterocycles. The molecule has 0 atom stereocenters. The Balaban J connectivity index is -0.000000471. The summed E-state index contributed by atoms with van der Waals surface area (Å²) in [7, 11) is 0. The SMILES string of the molecule is CC(C)(C)CN(CCO)CC(=O)OC(C)(C)C.CC(C)(C)OC(=O)CBr.O=C=O. The molecule has 0 bridgehead atoms. The van der Waals surface area contributed by atoms with Gasteiger partial charge >= 0.3 is 18.1 Å². The minimum absolute atomic E-state index is 0.0544. The van der Waals surface area contributed by atoms with Crippen LogP contribution >= 0.6 is 15.9 Å². The van der Waals surface area contributed by atoms with Crippen LogP contribution in [-0.2, 0) is 28.7 Å². The van der Waals surface area contributed by atoms with E-state index in [1.165, 1.54) is 0 Å². The van der Waals surface area contributed by atoms with Gasteiger partial charge in [-0.15, -0.1) is 0 Å². The van der Waals surface area contributed by atoms with E-state index < -0.39 is 5.60 Å². The van der Waals surface area contributed by atoms with E-state index in [1.54, 1.807) is 0 Å². The minimum atomic E-state index is -0.455. The molecule has 1 N–H and O–H groups in total. The van der Waals surface area contributed by atoms with Crippen LogP contribution in [0.4, 0.5) is 0 Å². The van der Waals surface area contributed by atoms with Gasteiger partial charge in [-0.2, -0.15) is 9.59 Å². The molecule has 0 unspecified atom stereocenters. The number of hydrogen-bond donors (Lipinski definition) is 1. The van der Waals surface area contributed by atoms with E-state index in [0.717, 1.165) is 6.54 Å². The van der Waals surface area contributed by atoms with Crippen LogP contribution in [-0.4, -0.2) is 70.9 Å². The molecule has 0 saturated heterocycles. The lowest BCUT2D eigenvalue weighted by Gasteiger charge is -2.29. The Morgan fingerprint density at radius 3 is 1.52 bits per heavy atom. The zero-order chi connectivity index (χ0) is 23.9. The summed E-state index contributed by atoms with van der Waals surface area (Å²) in [6, 6.07) is 0. The number of alkyl halides is 1. The quantitative estimate of drug-likeness (QED) is 0.453. The van der Waals surface area contributed by atoms with E-state index >= 15 is 0 Å². The number of ether oxygens (including phenoxy) is 2. The molecule has 0 radical (unpaired) electrons. The number of aliphatic hydroxyl groups is 1. The first-order valence-electron chi connectivity index (χ1n) is 9.23. The van der Waals surface area contributed by atoms with Gasteiger partial charge in [0, 0.05) is 13.1 Å². The fourth-order valence-corrected chi connectivity index (χ4v) is 2.07. The summed E-state index contributed by atoms with van der Waals surface area (Å²) in [4.78, 5) is 40.4. The van der Waals surface area contributed by atoms with Crippen molar-refractivity contribution in [2.45, 2.75) is 73.5 Å². The Bertz CT molecular complexity index is 496. The predicted molar refractivity (Wildman–Crippen MR) is 113 cm³/mol. The van der Waals surface area contributed by atoms with Crippen molar-refractivity contribution in [3.63, 3.8) is 0 Å². The van der Waals surface area contributed by atoms with Crippen molar-refractivity contribution in [3.8, 4) is 0 Å². The lowest BCUT2D eigenvalue weighted by Crippen LogP contribution is -2.40. The van der Waals surface area contributed by atoms with Crippen molar-refractivity contribution in [3.05, 3.63) is 0 Å². The van der Waals surface area contributed by atoms with Crippen molar-refractivity contribution in [2.75, 3.05) is 31.6 Å². The lowest BCUT2D eigenvalue weighted by molar-refractivity contribution is -0.191. The summed E-state index contributed by atoms with van der Waals surface area (Å²) >= 11 is 2.99. The molecule has 172 valence electrons. The number of carbonyl (C=O) groups excluding carboxylic acids is 4. The van der Waals surface area contributed by atoms with Crippen molar-refractivity contribution in [2.24, 2.45) is 5.41 Å². The highest BCUT2D eigenvalue weighted by Gasteiger charge is 2.22. The molecule has 0 saturated carbocycles. The van der Waals surface area contributed by atoms with Crippen LogP contribution in [0.1, 0.15) is 62.3 Å². The molecular weight excluding hydrogens is 446 g/mol. The number of hydrogen-bond acceptors (Lipinski definition) is 8. The van der Waals surface area contributed by atoms with E-state index in [9.17, 15) is 9.59 Å². The topological polar surface area (TPSA) is 110 Å². The van der Waals surface area contributed by atoms with Crippen molar-refractivity contribution in [1.82, 2.24) is 4.90 Å². The van der Waals surface area contributed by atoms with Gasteiger partial charge in [0.1, 0.15) is 16.5 Å². The minimum Gasteiger partial charge on any atom is -0.459 e. The van der Waals surface area contributed by atoms with E-state index in [-0.39, 0.29) is 47.6 Å². The Morgan fingerprint density at radius 2 is 1.28 bits per heavy atom. The molecule has 29 heavy (non-hydrogen) atoms. The lowest BCUT2D eigenvalue weighted by atomic mass is 9.96. The second-order valence-corrected chi connectivity index (χ2v) is 9.95. The van der Waals surface area contributed by atoms with Gasteiger partial charge in [0.05, 0.1) is 13.2 Å². The average molecular weight is 484 g/mol. The first-order chi connectivity index (χ1) is 12.9. The molecule has 0 aliphatic rings. The highest BCUT2D eigenvalue weighted by Crippen LogP contribution is 2.15. The van der Waals surface area contributed by atoms with Gasteiger partial charge in [-0.25, -0.2) is 0 Å². The monoisotopic (exact) mass is 483 g/mol. The third-order valence-electron chi connectivity index (χ3n) is 2.42.